The molecule has 0 spiro atoms. The van der Waals surface area contributed by atoms with Gasteiger partial charge in [0, 0.05) is 6.54 Å². The molecule has 3 nitrogen and oxygen atoms in total. The summed E-state index contributed by atoms with van der Waals surface area (Å²) in [7, 11) is 1.59. The first kappa shape index (κ1) is 12.5. The van der Waals surface area contributed by atoms with Crippen LogP contribution in [0.3, 0.4) is 0 Å². The smallest absolute Gasteiger partial charge is 0.136 e. The highest BCUT2D eigenvalue weighted by atomic mass is 16.5. The Balaban J connectivity index is 2.58. The Labute approximate surface area is 97.0 Å². The number of unbranched alkanes of at least 4 members (excludes halogenated alkanes) is 1. The van der Waals surface area contributed by atoms with Gasteiger partial charge in [0.25, 0.3) is 0 Å². The van der Waals surface area contributed by atoms with Crippen LogP contribution < -0.4 is 10.1 Å². The summed E-state index contributed by atoms with van der Waals surface area (Å²) < 4.78 is 5.15. The molecule has 86 valence electrons. The molecule has 0 bridgehead atoms. The lowest BCUT2D eigenvalue weighted by Crippen LogP contribution is -2.14. The van der Waals surface area contributed by atoms with Gasteiger partial charge in [0.15, 0.2) is 0 Å². The van der Waals surface area contributed by atoms with E-state index in [1.165, 1.54) is 12.8 Å². The molecule has 0 saturated heterocycles. The molecule has 1 rings (SSSR count). The van der Waals surface area contributed by atoms with Gasteiger partial charge in [-0.15, -0.1) is 0 Å². The summed E-state index contributed by atoms with van der Waals surface area (Å²) in [6, 6.07) is 7.78. The van der Waals surface area contributed by atoms with E-state index in [2.05, 4.69) is 18.3 Å². The molecule has 0 saturated carbocycles. The van der Waals surface area contributed by atoms with Crippen LogP contribution in [0.5, 0.6) is 5.75 Å². The van der Waals surface area contributed by atoms with E-state index in [9.17, 15) is 0 Å². The molecular formula is C13H18N2O. The minimum absolute atomic E-state index is 0.583. The first-order chi connectivity index (χ1) is 7.81. The van der Waals surface area contributed by atoms with Crippen LogP contribution in [0.25, 0.3) is 0 Å². The minimum atomic E-state index is 0.583. The number of methoxy groups -OCH3 is 1. The third-order valence-electron chi connectivity index (χ3n) is 2.42. The van der Waals surface area contributed by atoms with Gasteiger partial charge in [-0.3, -0.25) is 0 Å². The largest absolute Gasteiger partial charge is 0.495 e. The molecule has 0 aromatic heterocycles. The second kappa shape index (κ2) is 6.86. The van der Waals surface area contributed by atoms with Crippen molar-refractivity contribution in [3.8, 4) is 11.8 Å². The Morgan fingerprint density at radius 1 is 1.44 bits per heavy atom. The molecule has 0 unspecified atom stereocenters. The fraction of sp³-hybridized carbons (Fsp3) is 0.462. The highest BCUT2D eigenvalue weighted by molar-refractivity contribution is 5.45. The van der Waals surface area contributed by atoms with Crippen LogP contribution in [-0.4, -0.2) is 13.7 Å². The zero-order valence-corrected chi connectivity index (χ0v) is 9.92. The van der Waals surface area contributed by atoms with Crippen molar-refractivity contribution in [3.63, 3.8) is 0 Å². The molecule has 3 heteroatoms. The number of nitrogens with zero attached hydrogens (tertiary/aromatic N) is 1. The maximum absolute atomic E-state index is 8.84. The van der Waals surface area contributed by atoms with E-state index in [0.29, 0.717) is 11.3 Å². The second-order valence-corrected chi connectivity index (χ2v) is 3.68. The highest BCUT2D eigenvalue weighted by Crippen LogP contribution is 2.18. The Morgan fingerprint density at radius 2 is 2.25 bits per heavy atom. The fourth-order valence-electron chi connectivity index (χ4n) is 1.47. The lowest BCUT2D eigenvalue weighted by Gasteiger charge is -2.07. The predicted molar refractivity (Wildman–Crippen MR) is 64.3 cm³/mol. The molecular weight excluding hydrogens is 200 g/mol. The molecule has 0 amide bonds. The van der Waals surface area contributed by atoms with Gasteiger partial charge in [-0.2, -0.15) is 5.26 Å². The van der Waals surface area contributed by atoms with Gasteiger partial charge in [0.1, 0.15) is 11.8 Å². The van der Waals surface area contributed by atoms with E-state index < -0.39 is 0 Å². The Morgan fingerprint density at radius 3 is 2.88 bits per heavy atom. The monoisotopic (exact) mass is 218 g/mol. The lowest BCUT2D eigenvalue weighted by molar-refractivity contribution is 0.412. The Kier molecular flexibility index (Phi) is 5.38. The van der Waals surface area contributed by atoms with Crippen molar-refractivity contribution in [2.24, 2.45) is 0 Å². The zero-order chi connectivity index (χ0) is 11.8. The summed E-state index contributed by atoms with van der Waals surface area (Å²) in [5, 5.41) is 12.2. The number of hydrogen-bond donors (Lipinski definition) is 1. The van der Waals surface area contributed by atoms with Crippen LogP contribution in [-0.2, 0) is 6.54 Å². The number of rotatable bonds is 6. The van der Waals surface area contributed by atoms with Crippen molar-refractivity contribution < 1.29 is 4.74 Å². The van der Waals surface area contributed by atoms with E-state index in [1.54, 1.807) is 13.2 Å². The number of nitriles is 1. The molecule has 16 heavy (non-hydrogen) atoms. The van der Waals surface area contributed by atoms with E-state index in [1.807, 2.05) is 12.1 Å². The predicted octanol–water partition coefficient (Wildman–Crippen LogP) is 2.46. The van der Waals surface area contributed by atoms with Gasteiger partial charge >= 0.3 is 0 Å². The van der Waals surface area contributed by atoms with Gasteiger partial charge < -0.3 is 10.1 Å². The van der Waals surface area contributed by atoms with Crippen molar-refractivity contribution in [2.75, 3.05) is 13.7 Å². The molecule has 1 N–H and O–H groups in total. The van der Waals surface area contributed by atoms with Crippen molar-refractivity contribution in [3.05, 3.63) is 29.3 Å². The fourth-order valence-corrected chi connectivity index (χ4v) is 1.47. The van der Waals surface area contributed by atoms with Crippen LogP contribution in [0.15, 0.2) is 18.2 Å². The molecule has 0 heterocycles. The number of nitrogens with one attached hydrogen (secondary N) is 1. The SMILES string of the molecule is CCCCNCc1ccc(C#N)c(OC)c1. The third-order valence-corrected chi connectivity index (χ3v) is 2.42. The van der Waals surface area contributed by atoms with Crippen molar-refractivity contribution in [1.82, 2.24) is 5.32 Å². The quantitative estimate of drug-likeness (QED) is 0.746. The van der Waals surface area contributed by atoms with Gasteiger partial charge in [-0.1, -0.05) is 19.4 Å². The van der Waals surface area contributed by atoms with Gasteiger partial charge in [-0.05, 0) is 30.7 Å². The molecule has 1 aromatic rings. The van der Waals surface area contributed by atoms with E-state index in [0.717, 1.165) is 18.7 Å². The first-order valence-corrected chi connectivity index (χ1v) is 5.59. The molecule has 0 aliphatic heterocycles. The number of benzene rings is 1. The van der Waals surface area contributed by atoms with Crippen LogP contribution in [0.2, 0.25) is 0 Å². The van der Waals surface area contributed by atoms with Gasteiger partial charge in [0.2, 0.25) is 0 Å². The molecule has 0 aliphatic rings. The standard InChI is InChI=1S/C13H18N2O/c1-3-4-7-15-10-11-5-6-12(9-14)13(8-11)16-2/h5-6,8,15H,3-4,7,10H2,1-2H3. The van der Waals surface area contributed by atoms with Crippen LogP contribution in [0, 0.1) is 11.3 Å². The molecule has 1 aromatic carbocycles. The molecule has 0 aliphatic carbocycles. The molecule has 0 atom stereocenters. The average molecular weight is 218 g/mol. The summed E-state index contributed by atoms with van der Waals surface area (Å²) in [6.07, 6.45) is 2.39. The topological polar surface area (TPSA) is 45.0 Å². The molecule has 0 fully saturated rings. The maximum Gasteiger partial charge on any atom is 0.136 e. The second-order valence-electron chi connectivity index (χ2n) is 3.68. The third kappa shape index (κ3) is 3.56. The zero-order valence-electron chi connectivity index (χ0n) is 9.92. The van der Waals surface area contributed by atoms with E-state index in [-0.39, 0.29) is 0 Å². The van der Waals surface area contributed by atoms with Crippen molar-refractivity contribution in [2.45, 2.75) is 26.3 Å². The van der Waals surface area contributed by atoms with Gasteiger partial charge in [0.05, 0.1) is 12.7 Å². The first-order valence-electron chi connectivity index (χ1n) is 5.59. The minimum Gasteiger partial charge on any atom is -0.495 e. The van der Waals surface area contributed by atoms with E-state index >= 15 is 0 Å². The summed E-state index contributed by atoms with van der Waals surface area (Å²) >= 11 is 0. The van der Waals surface area contributed by atoms with E-state index in [4.69, 9.17) is 10.00 Å². The summed E-state index contributed by atoms with van der Waals surface area (Å²) in [5.74, 6) is 0.650. The normalized spacial score (nSPS) is 9.81. The lowest BCUT2D eigenvalue weighted by atomic mass is 10.1. The summed E-state index contributed by atoms with van der Waals surface area (Å²) in [4.78, 5) is 0. The van der Waals surface area contributed by atoms with Crippen LogP contribution in [0.1, 0.15) is 30.9 Å². The van der Waals surface area contributed by atoms with Crippen LogP contribution >= 0.6 is 0 Å². The van der Waals surface area contributed by atoms with Crippen LogP contribution in [0.4, 0.5) is 0 Å². The Hall–Kier alpha value is -1.53. The average Bonchev–Trinajstić information content (AvgIpc) is 2.34. The number of hydrogen-bond acceptors (Lipinski definition) is 3. The van der Waals surface area contributed by atoms with Gasteiger partial charge in [-0.25, -0.2) is 0 Å². The summed E-state index contributed by atoms with van der Waals surface area (Å²) in [5.41, 5.74) is 1.73. The molecule has 0 radical (unpaired) electrons. The van der Waals surface area contributed by atoms with Crippen molar-refractivity contribution >= 4 is 0 Å². The summed E-state index contributed by atoms with van der Waals surface area (Å²) in [6.45, 7) is 4.02. The van der Waals surface area contributed by atoms with Crippen molar-refractivity contribution in [1.29, 1.82) is 5.26 Å². The Bertz CT molecular complexity index is 369. The maximum atomic E-state index is 8.84. The highest BCUT2D eigenvalue weighted by Gasteiger charge is 2.02. The number of ether oxygens (including phenoxy) is 1.